The molecule has 1 fully saturated rings. The molecule has 0 unspecified atom stereocenters. The Morgan fingerprint density at radius 1 is 1.21 bits per heavy atom. The lowest BCUT2D eigenvalue weighted by Gasteiger charge is -2.23. The first kappa shape index (κ1) is 19.3. The highest BCUT2D eigenvalue weighted by Gasteiger charge is 2.30. The third-order valence-corrected chi connectivity index (χ3v) is 5.41. The monoisotopic (exact) mass is 394 g/mol. The Kier molecular flexibility index (Phi) is 5.69. The van der Waals surface area contributed by atoms with Gasteiger partial charge in [-0.2, -0.15) is 0 Å². The first-order valence-corrected chi connectivity index (χ1v) is 10.1. The predicted molar refractivity (Wildman–Crippen MR) is 110 cm³/mol. The van der Waals surface area contributed by atoms with Gasteiger partial charge in [0.1, 0.15) is 17.8 Å². The molecule has 6 heteroatoms. The van der Waals surface area contributed by atoms with Gasteiger partial charge in [0.15, 0.2) is 12.3 Å². The Morgan fingerprint density at radius 2 is 2.00 bits per heavy atom. The first-order chi connectivity index (χ1) is 14.2. The van der Waals surface area contributed by atoms with Crippen LogP contribution < -0.4 is 9.47 Å². The van der Waals surface area contributed by atoms with Crippen molar-refractivity contribution in [1.82, 2.24) is 9.88 Å². The molecular formula is C23H26N2O4. The van der Waals surface area contributed by atoms with Gasteiger partial charge in [-0.05, 0) is 54.3 Å². The summed E-state index contributed by atoms with van der Waals surface area (Å²) in [7, 11) is 1.65. The summed E-state index contributed by atoms with van der Waals surface area (Å²) < 4.78 is 16.6. The molecule has 0 spiro atoms. The van der Waals surface area contributed by atoms with E-state index >= 15 is 0 Å². The number of carbonyl (C=O) groups excluding carboxylic acids is 1. The van der Waals surface area contributed by atoms with Gasteiger partial charge in [0.05, 0.1) is 7.11 Å². The highest BCUT2D eigenvalue weighted by Crippen LogP contribution is 2.26. The zero-order chi connectivity index (χ0) is 20.2. The van der Waals surface area contributed by atoms with E-state index in [9.17, 15) is 4.79 Å². The zero-order valence-corrected chi connectivity index (χ0v) is 16.9. The molecule has 0 aliphatic carbocycles. The van der Waals surface area contributed by atoms with Crippen molar-refractivity contribution in [3.8, 4) is 11.5 Å². The van der Waals surface area contributed by atoms with Crippen molar-refractivity contribution < 1.29 is 18.7 Å². The van der Waals surface area contributed by atoms with Gasteiger partial charge in [-0.25, -0.2) is 4.98 Å². The number of hydrogen-bond acceptors (Lipinski definition) is 5. The number of carbonyl (C=O) groups is 1. The van der Waals surface area contributed by atoms with E-state index in [2.05, 4.69) is 11.9 Å². The van der Waals surface area contributed by atoms with Crippen LogP contribution in [0.1, 0.15) is 49.0 Å². The maximum absolute atomic E-state index is 12.8. The summed E-state index contributed by atoms with van der Waals surface area (Å²) in [4.78, 5) is 19.1. The second kappa shape index (κ2) is 8.55. The molecule has 3 aromatic rings. The smallest absolute Gasteiger partial charge is 0.276 e. The van der Waals surface area contributed by atoms with Crippen LogP contribution in [0.15, 0.2) is 47.1 Å². The number of amides is 1. The van der Waals surface area contributed by atoms with E-state index in [1.54, 1.807) is 7.11 Å². The molecule has 2 aromatic carbocycles. The summed E-state index contributed by atoms with van der Waals surface area (Å²) in [5.74, 6) is 1.85. The third kappa shape index (κ3) is 4.21. The Balaban J connectivity index is 1.41. The van der Waals surface area contributed by atoms with Crippen LogP contribution in [0, 0.1) is 0 Å². The topological polar surface area (TPSA) is 64.8 Å². The molecule has 4 rings (SSSR count). The third-order valence-electron chi connectivity index (χ3n) is 5.41. The summed E-state index contributed by atoms with van der Waals surface area (Å²) in [6.45, 7) is 3.11. The molecule has 0 radical (unpaired) electrons. The highest BCUT2D eigenvalue weighted by atomic mass is 16.5. The maximum Gasteiger partial charge on any atom is 0.276 e. The number of hydrogen-bond donors (Lipinski definition) is 0. The van der Waals surface area contributed by atoms with Crippen LogP contribution in [0.25, 0.3) is 10.8 Å². The maximum atomic E-state index is 12.8. The summed E-state index contributed by atoms with van der Waals surface area (Å²) in [5, 5.41) is 2.13. The fourth-order valence-corrected chi connectivity index (χ4v) is 3.92. The highest BCUT2D eigenvalue weighted by molar-refractivity contribution is 5.92. The van der Waals surface area contributed by atoms with E-state index in [1.165, 1.54) is 6.26 Å². The lowest BCUT2D eigenvalue weighted by Crippen LogP contribution is -2.35. The van der Waals surface area contributed by atoms with Gasteiger partial charge in [0.2, 0.25) is 5.89 Å². The number of methoxy groups -OCH3 is 1. The van der Waals surface area contributed by atoms with E-state index < -0.39 is 0 Å². The summed E-state index contributed by atoms with van der Waals surface area (Å²) in [6, 6.07) is 12.1. The lowest BCUT2D eigenvalue weighted by molar-refractivity contribution is 0.0724. The largest absolute Gasteiger partial charge is 0.497 e. The number of rotatable bonds is 7. The van der Waals surface area contributed by atoms with Crippen LogP contribution in [0.5, 0.6) is 11.5 Å². The molecule has 2 heterocycles. The molecule has 0 N–H and O–H groups in total. The number of oxazole rings is 1. The Morgan fingerprint density at radius 3 is 2.79 bits per heavy atom. The fraction of sp³-hybridized carbons (Fsp3) is 0.391. The first-order valence-electron chi connectivity index (χ1n) is 10.1. The minimum atomic E-state index is -0.0475. The van der Waals surface area contributed by atoms with Crippen molar-refractivity contribution in [1.29, 1.82) is 0 Å². The van der Waals surface area contributed by atoms with Crippen LogP contribution in [-0.4, -0.2) is 35.5 Å². The molecule has 1 saturated heterocycles. The molecule has 1 atom stereocenters. The Bertz CT molecular complexity index is 997. The lowest BCUT2D eigenvalue weighted by atomic mass is 10.1. The van der Waals surface area contributed by atoms with E-state index in [0.29, 0.717) is 23.4 Å². The summed E-state index contributed by atoms with van der Waals surface area (Å²) in [6.07, 6.45) is 5.67. The fourth-order valence-electron chi connectivity index (χ4n) is 3.92. The van der Waals surface area contributed by atoms with Gasteiger partial charge >= 0.3 is 0 Å². The zero-order valence-electron chi connectivity index (χ0n) is 16.9. The number of aromatic nitrogens is 1. The molecular weight excluding hydrogens is 368 g/mol. The average Bonchev–Trinajstić information content (AvgIpc) is 3.41. The molecule has 1 aliphatic heterocycles. The number of fused-ring (bicyclic) bond motifs is 1. The summed E-state index contributed by atoms with van der Waals surface area (Å²) in [5.41, 5.74) is 0.356. The van der Waals surface area contributed by atoms with Crippen LogP contribution >= 0.6 is 0 Å². The second-order valence-electron chi connectivity index (χ2n) is 7.37. The summed E-state index contributed by atoms with van der Waals surface area (Å²) >= 11 is 0. The second-order valence-corrected chi connectivity index (χ2v) is 7.37. The van der Waals surface area contributed by atoms with Crippen molar-refractivity contribution in [3.63, 3.8) is 0 Å². The predicted octanol–water partition coefficient (Wildman–Crippen LogP) is 4.82. The van der Waals surface area contributed by atoms with E-state index in [1.807, 2.05) is 41.3 Å². The van der Waals surface area contributed by atoms with Crippen molar-refractivity contribution in [2.24, 2.45) is 0 Å². The standard InChI is InChI=1S/C23H26N2O4/c1-3-5-18-6-4-11-25(18)23(26)21-14-29-22(24-21)15-28-20-10-8-16-7-9-19(27-2)12-17(16)13-20/h7-10,12-14,18H,3-6,11,15H2,1-2H3/t18-/m1/s1. The van der Waals surface area contributed by atoms with Crippen LogP contribution in [0.4, 0.5) is 0 Å². The van der Waals surface area contributed by atoms with Gasteiger partial charge in [-0.15, -0.1) is 0 Å². The van der Waals surface area contributed by atoms with E-state index in [0.717, 1.165) is 48.8 Å². The SMILES string of the molecule is CCC[C@@H]1CCCN1C(=O)c1coc(COc2ccc3ccc(OC)cc3c2)n1. The van der Waals surface area contributed by atoms with Crippen molar-refractivity contribution >= 4 is 16.7 Å². The minimum Gasteiger partial charge on any atom is -0.497 e. The Labute approximate surface area is 170 Å². The Hall–Kier alpha value is -3.02. The molecule has 1 amide bonds. The molecule has 6 nitrogen and oxygen atoms in total. The van der Waals surface area contributed by atoms with E-state index in [-0.39, 0.29) is 12.5 Å². The number of benzene rings is 2. The normalized spacial score (nSPS) is 16.3. The van der Waals surface area contributed by atoms with Crippen molar-refractivity contribution in [3.05, 3.63) is 54.2 Å². The number of nitrogens with zero attached hydrogens (tertiary/aromatic N) is 2. The molecule has 0 saturated carbocycles. The van der Waals surface area contributed by atoms with Crippen LogP contribution in [0.2, 0.25) is 0 Å². The quantitative estimate of drug-likeness (QED) is 0.575. The average molecular weight is 394 g/mol. The molecule has 0 bridgehead atoms. The molecule has 1 aromatic heterocycles. The molecule has 29 heavy (non-hydrogen) atoms. The molecule has 1 aliphatic rings. The number of ether oxygens (including phenoxy) is 2. The van der Waals surface area contributed by atoms with Gasteiger partial charge in [-0.1, -0.05) is 25.5 Å². The van der Waals surface area contributed by atoms with Crippen LogP contribution in [-0.2, 0) is 6.61 Å². The van der Waals surface area contributed by atoms with Crippen LogP contribution in [0.3, 0.4) is 0 Å². The van der Waals surface area contributed by atoms with Gasteiger partial charge < -0.3 is 18.8 Å². The molecule has 152 valence electrons. The van der Waals surface area contributed by atoms with Gasteiger partial charge in [0, 0.05) is 12.6 Å². The van der Waals surface area contributed by atoms with Crippen molar-refractivity contribution in [2.75, 3.05) is 13.7 Å². The minimum absolute atomic E-state index is 0.0475. The van der Waals surface area contributed by atoms with Gasteiger partial charge in [0.25, 0.3) is 5.91 Å². The number of likely N-dealkylation sites (tertiary alicyclic amines) is 1. The van der Waals surface area contributed by atoms with Gasteiger partial charge in [-0.3, -0.25) is 4.79 Å². The van der Waals surface area contributed by atoms with Crippen molar-refractivity contribution in [2.45, 2.75) is 45.3 Å². The van der Waals surface area contributed by atoms with E-state index in [4.69, 9.17) is 13.9 Å².